The summed E-state index contributed by atoms with van der Waals surface area (Å²) in [5.74, 6) is 0. The molecule has 0 fully saturated rings. The highest BCUT2D eigenvalue weighted by Gasteiger charge is 2.53. The van der Waals surface area contributed by atoms with Crippen molar-refractivity contribution in [1.82, 2.24) is 17.2 Å². The number of nitrogens with zero attached hydrogens (tertiary/aromatic N) is 4. The van der Waals surface area contributed by atoms with Crippen molar-refractivity contribution in [2.24, 2.45) is 0 Å². The molecule has 0 heterocycles. The van der Waals surface area contributed by atoms with Gasteiger partial charge in [0, 0.05) is 26.5 Å². The standard InChI is InChI=1S/C21H52N4S2/c1-18(2)26(19(3)4,22(10)11)25(16)17-21(8,9)27(23(12)13,24(14)15)20(5,6)7/h18-19H,17H2,1-16H3. The van der Waals surface area contributed by atoms with E-state index in [2.05, 4.69) is 129 Å². The molecular formula is C21H52N4S2. The van der Waals surface area contributed by atoms with Crippen molar-refractivity contribution in [2.45, 2.75) is 82.3 Å². The number of hydrogen-bond donors (Lipinski definition) is 0. The summed E-state index contributed by atoms with van der Waals surface area (Å²) < 4.78 is 10.6. The van der Waals surface area contributed by atoms with Crippen LogP contribution >= 0.6 is 20.8 Å². The van der Waals surface area contributed by atoms with E-state index in [-0.39, 0.29) is 9.49 Å². The van der Waals surface area contributed by atoms with E-state index >= 15 is 0 Å². The lowest BCUT2D eigenvalue weighted by molar-refractivity contribution is 0.410. The van der Waals surface area contributed by atoms with Gasteiger partial charge in [-0.05, 0) is 63.2 Å². The van der Waals surface area contributed by atoms with Crippen LogP contribution in [0.4, 0.5) is 0 Å². The van der Waals surface area contributed by atoms with Gasteiger partial charge in [-0.15, -0.1) is 20.8 Å². The maximum absolute atomic E-state index is 2.73. The van der Waals surface area contributed by atoms with Gasteiger partial charge in [-0.1, -0.05) is 48.5 Å². The van der Waals surface area contributed by atoms with Crippen LogP contribution in [-0.4, -0.2) is 93.1 Å². The normalized spacial score (nSPS) is 16.5. The second-order valence-electron chi connectivity index (χ2n) is 10.4. The average molecular weight is 425 g/mol. The molecule has 6 heteroatoms. The van der Waals surface area contributed by atoms with Crippen LogP contribution in [0, 0.1) is 0 Å². The van der Waals surface area contributed by atoms with E-state index in [4.69, 9.17) is 0 Å². The summed E-state index contributed by atoms with van der Waals surface area (Å²) >= 11 is 0. The predicted octanol–water partition coefficient (Wildman–Crippen LogP) is 5.27. The Morgan fingerprint density at radius 1 is 0.630 bits per heavy atom. The van der Waals surface area contributed by atoms with E-state index in [9.17, 15) is 0 Å². The minimum Gasteiger partial charge on any atom is -0.262 e. The molecule has 0 saturated heterocycles. The summed E-state index contributed by atoms with van der Waals surface area (Å²) in [4.78, 5) is 0. The molecular weight excluding hydrogens is 372 g/mol. The number of hydrogen-bond acceptors (Lipinski definition) is 4. The lowest BCUT2D eigenvalue weighted by Gasteiger charge is -2.68. The Hall–Kier alpha value is 0.540. The summed E-state index contributed by atoms with van der Waals surface area (Å²) in [6, 6.07) is 0. The van der Waals surface area contributed by atoms with Crippen LogP contribution in [0.5, 0.6) is 0 Å². The maximum Gasteiger partial charge on any atom is 0.0328 e. The average Bonchev–Trinajstić information content (AvgIpc) is 2.33. The Labute approximate surface area is 176 Å². The van der Waals surface area contributed by atoms with Gasteiger partial charge >= 0.3 is 0 Å². The molecule has 0 atom stereocenters. The molecule has 0 aliphatic carbocycles. The molecule has 0 spiro atoms. The number of rotatable bonds is 9. The van der Waals surface area contributed by atoms with E-state index in [1.807, 2.05) is 0 Å². The zero-order valence-corrected chi connectivity index (χ0v) is 23.1. The van der Waals surface area contributed by atoms with E-state index in [1.165, 1.54) is 0 Å². The highest BCUT2D eigenvalue weighted by Crippen LogP contribution is 2.71. The first-order valence-corrected chi connectivity index (χ1v) is 13.4. The molecule has 168 valence electrons. The molecule has 0 N–H and O–H groups in total. The molecule has 0 aromatic carbocycles. The van der Waals surface area contributed by atoms with Gasteiger partial charge < -0.3 is 0 Å². The van der Waals surface area contributed by atoms with E-state index in [1.54, 1.807) is 0 Å². The minimum atomic E-state index is -1.24. The van der Waals surface area contributed by atoms with Crippen molar-refractivity contribution in [2.75, 3.05) is 55.9 Å². The highest BCUT2D eigenvalue weighted by molar-refractivity contribution is 8.32. The van der Waals surface area contributed by atoms with Crippen molar-refractivity contribution in [1.29, 1.82) is 0 Å². The van der Waals surface area contributed by atoms with Gasteiger partial charge in [0.1, 0.15) is 0 Å². The third-order valence-electron chi connectivity index (χ3n) is 5.76. The predicted molar refractivity (Wildman–Crippen MR) is 133 cm³/mol. The summed E-state index contributed by atoms with van der Waals surface area (Å²) in [5, 5.41) is 1.23. The Morgan fingerprint density at radius 2 is 0.963 bits per heavy atom. The molecule has 0 radical (unpaired) electrons. The van der Waals surface area contributed by atoms with Crippen molar-refractivity contribution < 1.29 is 0 Å². The van der Waals surface area contributed by atoms with Crippen LogP contribution in [0.25, 0.3) is 0 Å². The molecule has 0 saturated carbocycles. The molecule has 0 unspecified atom stereocenters. The zero-order valence-electron chi connectivity index (χ0n) is 21.5. The first-order chi connectivity index (χ1) is 11.8. The van der Waals surface area contributed by atoms with Crippen molar-refractivity contribution in [3.05, 3.63) is 0 Å². The van der Waals surface area contributed by atoms with Gasteiger partial charge in [0.15, 0.2) is 0 Å². The third-order valence-corrected chi connectivity index (χ3v) is 16.3. The topological polar surface area (TPSA) is 13.0 Å². The van der Waals surface area contributed by atoms with Gasteiger partial charge in [-0.3, -0.25) is 17.2 Å². The van der Waals surface area contributed by atoms with Crippen LogP contribution in [0.15, 0.2) is 0 Å². The minimum absolute atomic E-state index is 0.130. The van der Waals surface area contributed by atoms with Crippen molar-refractivity contribution in [3.8, 4) is 0 Å². The first kappa shape index (κ1) is 27.5. The fraction of sp³-hybridized carbons (Fsp3) is 1.00. The molecule has 4 nitrogen and oxygen atoms in total. The second-order valence-corrected chi connectivity index (χ2v) is 19.8. The van der Waals surface area contributed by atoms with Gasteiger partial charge in [-0.2, -0.15) is 0 Å². The Morgan fingerprint density at radius 3 is 1.15 bits per heavy atom. The molecule has 0 bridgehead atoms. The van der Waals surface area contributed by atoms with E-state index in [0.29, 0.717) is 10.5 Å². The fourth-order valence-electron chi connectivity index (χ4n) is 6.36. The Bertz CT molecular complexity index is 436. The maximum atomic E-state index is 2.73. The fourth-order valence-corrected chi connectivity index (χ4v) is 18.6. The lowest BCUT2D eigenvalue weighted by Crippen LogP contribution is -2.58. The third kappa shape index (κ3) is 4.51. The molecule has 0 aromatic heterocycles. The molecule has 27 heavy (non-hydrogen) atoms. The molecule has 0 aliphatic rings. The Kier molecular flexibility index (Phi) is 9.31. The molecule has 0 amide bonds. The lowest BCUT2D eigenvalue weighted by atomic mass is 10.2. The summed E-state index contributed by atoms with van der Waals surface area (Å²) in [6.07, 6.45) is 0. The molecule has 0 aliphatic heterocycles. The summed E-state index contributed by atoms with van der Waals surface area (Å²) in [7, 11) is 13.7. The van der Waals surface area contributed by atoms with Crippen LogP contribution < -0.4 is 0 Å². The Balaban J connectivity index is 6.44. The van der Waals surface area contributed by atoms with Gasteiger partial charge in [0.2, 0.25) is 0 Å². The van der Waals surface area contributed by atoms with Crippen LogP contribution in [0.3, 0.4) is 0 Å². The van der Waals surface area contributed by atoms with E-state index < -0.39 is 20.8 Å². The van der Waals surface area contributed by atoms with Crippen LogP contribution in [-0.2, 0) is 0 Å². The SMILES string of the molecule is CC(C)S(C(C)C)(N(C)C)N(C)CC(C)(C)S(N(C)C)(N(C)C)C(C)(C)C. The van der Waals surface area contributed by atoms with Gasteiger partial charge in [0.25, 0.3) is 0 Å². The van der Waals surface area contributed by atoms with Crippen molar-refractivity contribution in [3.63, 3.8) is 0 Å². The van der Waals surface area contributed by atoms with Gasteiger partial charge in [-0.25, -0.2) is 0 Å². The highest BCUT2D eigenvalue weighted by atomic mass is 32.3. The molecule has 0 aromatic rings. The first-order valence-electron chi connectivity index (χ1n) is 10.2. The second kappa shape index (κ2) is 9.13. The van der Waals surface area contributed by atoms with E-state index in [0.717, 1.165) is 6.54 Å². The summed E-state index contributed by atoms with van der Waals surface area (Å²) in [5.41, 5.74) is 0. The van der Waals surface area contributed by atoms with Gasteiger partial charge in [0.05, 0.1) is 0 Å². The van der Waals surface area contributed by atoms with Crippen molar-refractivity contribution >= 4 is 20.8 Å². The van der Waals surface area contributed by atoms with Crippen LogP contribution in [0.1, 0.15) is 62.3 Å². The smallest absolute Gasteiger partial charge is 0.0328 e. The zero-order chi connectivity index (χ0) is 22.2. The molecule has 0 rings (SSSR count). The quantitative estimate of drug-likeness (QED) is 0.500. The monoisotopic (exact) mass is 424 g/mol. The summed E-state index contributed by atoms with van der Waals surface area (Å²) in [6.45, 7) is 22.9. The largest absolute Gasteiger partial charge is 0.262 e. The van der Waals surface area contributed by atoms with Crippen LogP contribution in [0.2, 0.25) is 0 Å².